The molecule has 31 heavy (non-hydrogen) atoms. The van der Waals surface area contributed by atoms with E-state index in [1.807, 2.05) is 18.2 Å². The lowest BCUT2D eigenvalue weighted by atomic mass is 10.1. The molecule has 1 atom stereocenters. The molecule has 0 radical (unpaired) electrons. The van der Waals surface area contributed by atoms with Crippen molar-refractivity contribution in [3.8, 4) is 17.1 Å². The third-order valence-corrected chi connectivity index (χ3v) is 4.85. The third-order valence-electron chi connectivity index (χ3n) is 4.85. The van der Waals surface area contributed by atoms with E-state index in [0.717, 1.165) is 0 Å². The Morgan fingerprint density at radius 1 is 1.00 bits per heavy atom. The molecule has 0 saturated heterocycles. The molecule has 4 rings (SSSR count). The van der Waals surface area contributed by atoms with E-state index in [0.29, 0.717) is 16.5 Å². The summed E-state index contributed by atoms with van der Waals surface area (Å²) in [7, 11) is 0. The van der Waals surface area contributed by atoms with Crippen molar-refractivity contribution in [2.45, 2.75) is 19.4 Å². The van der Waals surface area contributed by atoms with Gasteiger partial charge in [-0.15, -0.1) is 0 Å². The van der Waals surface area contributed by atoms with Gasteiger partial charge >= 0.3 is 0 Å². The molecule has 5 nitrogen and oxygen atoms in total. The van der Waals surface area contributed by atoms with Crippen molar-refractivity contribution < 1.29 is 18.3 Å². The van der Waals surface area contributed by atoms with Crippen molar-refractivity contribution in [2.75, 3.05) is 5.32 Å². The maximum absolute atomic E-state index is 13.9. The van der Waals surface area contributed by atoms with E-state index >= 15 is 0 Å². The zero-order valence-electron chi connectivity index (χ0n) is 16.8. The molecule has 0 aliphatic heterocycles. The first kappa shape index (κ1) is 20.3. The van der Waals surface area contributed by atoms with E-state index in [2.05, 4.69) is 5.32 Å². The molecule has 0 aliphatic rings. The fraction of sp³-hybridized carbons (Fsp3) is 0.120. The lowest BCUT2D eigenvalue weighted by Gasteiger charge is -2.19. The largest absolute Gasteiger partial charge is 0.473 e. The molecule has 1 unspecified atom stereocenters. The highest BCUT2D eigenvalue weighted by molar-refractivity contribution is 5.94. The number of halogens is 1. The molecule has 156 valence electrons. The summed E-state index contributed by atoms with van der Waals surface area (Å²) in [4.78, 5) is 26.0. The van der Waals surface area contributed by atoms with Gasteiger partial charge in [0, 0.05) is 5.56 Å². The Kier molecular flexibility index (Phi) is 5.80. The summed E-state index contributed by atoms with van der Waals surface area (Å²) >= 11 is 0. The quantitative estimate of drug-likeness (QED) is 0.456. The Labute approximate surface area is 178 Å². The zero-order valence-corrected chi connectivity index (χ0v) is 16.8. The van der Waals surface area contributed by atoms with Crippen LogP contribution in [-0.2, 0) is 4.79 Å². The number of carbonyl (C=O) groups excluding carboxylic acids is 1. The van der Waals surface area contributed by atoms with Crippen LogP contribution in [0.4, 0.5) is 10.1 Å². The van der Waals surface area contributed by atoms with Crippen LogP contribution in [0.5, 0.6) is 5.75 Å². The maximum atomic E-state index is 13.9. The van der Waals surface area contributed by atoms with Crippen molar-refractivity contribution >= 4 is 22.6 Å². The van der Waals surface area contributed by atoms with Crippen LogP contribution in [0.1, 0.15) is 13.3 Å². The number of para-hydroxylation sites is 2. The molecule has 1 aromatic heterocycles. The van der Waals surface area contributed by atoms with E-state index < -0.39 is 17.8 Å². The van der Waals surface area contributed by atoms with Gasteiger partial charge in [-0.25, -0.2) is 4.39 Å². The average Bonchev–Trinajstić information content (AvgIpc) is 2.80. The van der Waals surface area contributed by atoms with Crippen molar-refractivity contribution in [3.63, 3.8) is 0 Å². The standard InChI is InChI=1S/C25H20FNO4/c1-2-20(25(29)27-19-14-8-7-13-18(19)26)30-24-22(28)17-12-6-9-15-21(17)31-23(24)16-10-4-3-5-11-16/h3-15,20H,2H2,1H3,(H,27,29). The number of hydrogen-bond donors (Lipinski definition) is 1. The number of rotatable bonds is 6. The average molecular weight is 417 g/mol. The van der Waals surface area contributed by atoms with Crippen LogP contribution in [0.25, 0.3) is 22.3 Å². The highest BCUT2D eigenvalue weighted by atomic mass is 19.1. The van der Waals surface area contributed by atoms with Crippen molar-refractivity contribution in [2.24, 2.45) is 0 Å². The second kappa shape index (κ2) is 8.83. The van der Waals surface area contributed by atoms with Crippen molar-refractivity contribution in [3.05, 3.63) is 94.9 Å². The van der Waals surface area contributed by atoms with Crippen LogP contribution in [0.15, 0.2) is 88.1 Å². The second-order valence-electron chi connectivity index (χ2n) is 6.94. The lowest BCUT2D eigenvalue weighted by molar-refractivity contribution is -0.122. The van der Waals surface area contributed by atoms with E-state index in [1.54, 1.807) is 49.4 Å². The summed E-state index contributed by atoms with van der Waals surface area (Å²) < 4.78 is 25.9. The van der Waals surface area contributed by atoms with Crippen LogP contribution >= 0.6 is 0 Å². The molecule has 0 fully saturated rings. The Balaban J connectivity index is 1.75. The number of amides is 1. The third kappa shape index (κ3) is 4.19. The molecule has 1 heterocycles. The van der Waals surface area contributed by atoms with Crippen LogP contribution in [0.3, 0.4) is 0 Å². The monoisotopic (exact) mass is 417 g/mol. The lowest BCUT2D eigenvalue weighted by Crippen LogP contribution is -2.34. The fourth-order valence-electron chi connectivity index (χ4n) is 3.25. The molecule has 0 aliphatic carbocycles. The van der Waals surface area contributed by atoms with Gasteiger partial charge in [-0.1, -0.05) is 61.5 Å². The molecule has 0 bridgehead atoms. The van der Waals surface area contributed by atoms with Gasteiger partial charge in [0.05, 0.1) is 11.1 Å². The van der Waals surface area contributed by atoms with E-state index in [9.17, 15) is 14.0 Å². The molecular weight excluding hydrogens is 397 g/mol. The summed E-state index contributed by atoms with van der Waals surface area (Å²) in [5.41, 5.74) is 0.730. The van der Waals surface area contributed by atoms with E-state index in [1.165, 1.54) is 18.2 Å². The summed E-state index contributed by atoms with van der Waals surface area (Å²) in [5.74, 6) is -0.929. The van der Waals surface area contributed by atoms with Crippen LogP contribution in [0, 0.1) is 5.82 Å². The van der Waals surface area contributed by atoms with E-state index in [4.69, 9.17) is 9.15 Å². The Morgan fingerprint density at radius 3 is 2.42 bits per heavy atom. The first-order chi connectivity index (χ1) is 15.1. The topological polar surface area (TPSA) is 68.5 Å². The van der Waals surface area contributed by atoms with Crippen LogP contribution in [0.2, 0.25) is 0 Å². The summed E-state index contributed by atoms with van der Waals surface area (Å²) in [6, 6.07) is 21.8. The number of benzene rings is 3. The number of nitrogens with one attached hydrogen (secondary N) is 1. The minimum absolute atomic E-state index is 0.0448. The van der Waals surface area contributed by atoms with Crippen LogP contribution in [-0.4, -0.2) is 12.0 Å². The van der Waals surface area contributed by atoms with Gasteiger partial charge in [0.15, 0.2) is 11.9 Å². The summed E-state index contributed by atoms with van der Waals surface area (Å²) in [6.07, 6.45) is -0.757. The molecule has 0 saturated carbocycles. The molecule has 1 N–H and O–H groups in total. The highest BCUT2D eigenvalue weighted by Crippen LogP contribution is 2.31. The van der Waals surface area contributed by atoms with Gasteiger partial charge < -0.3 is 14.5 Å². The predicted molar refractivity (Wildman–Crippen MR) is 118 cm³/mol. The summed E-state index contributed by atoms with van der Waals surface area (Å²) in [5, 5.41) is 2.87. The normalized spacial score (nSPS) is 11.8. The van der Waals surface area contributed by atoms with E-state index in [-0.39, 0.29) is 29.0 Å². The van der Waals surface area contributed by atoms with Gasteiger partial charge in [0.2, 0.25) is 11.2 Å². The van der Waals surface area contributed by atoms with Gasteiger partial charge in [0.25, 0.3) is 5.91 Å². The number of carbonyl (C=O) groups is 1. The Bertz CT molecular complexity index is 1280. The minimum atomic E-state index is -1.02. The van der Waals surface area contributed by atoms with Crippen molar-refractivity contribution in [1.29, 1.82) is 0 Å². The number of hydrogen-bond acceptors (Lipinski definition) is 4. The number of anilines is 1. The summed E-state index contributed by atoms with van der Waals surface area (Å²) in [6.45, 7) is 1.75. The SMILES string of the molecule is CCC(Oc1c(-c2ccccc2)oc2ccccc2c1=O)C(=O)Nc1ccccc1F. The number of ether oxygens (including phenoxy) is 1. The molecular formula is C25H20FNO4. The highest BCUT2D eigenvalue weighted by Gasteiger charge is 2.25. The molecule has 3 aromatic carbocycles. The van der Waals surface area contributed by atoms with Gasteiger partial charge in [0.1, 0.15) is 11.4 Å². The first-order valence-corrected chi connectivity index (χ1v) is 9.91. The predicted octanol–water partition coefficient (Wildman–Crippen LogP) is 5.40. The fourth-order valence-corrected chi connectivity index (χ4v) is 3.25. The maximum Gasteiger partial charge on any atom is 0.265 e. The van der Waals surface area contributed by atoms with Gasteiger partial charge in [-0.2, -0.15) is 0 Å². The first-order valence-electron chi connectivity index (χ1n) is 9.91. The zero-order chi connectivity index (χ0) is 21.8. The van der Waals surface area contributed by atoms with Crippen LogP contribution < -0.4 is 15.5 Å². The smallest absolute Gasteiger partial charge is 0.265 e. The molecule has 0 spiro atoms. The van der Waals surface area contributed by atoms with Gasteiger partial charge in [-0.05, 0) is 30.7 Å². The Morgan fingerprint density at radius 2 is 1.68 bits per heavy atom. The second-order valence-corrected chi connectivity index (χ2v) is 6.94. The molecule has 4 aromatic rings. The molecule has 6 heteroatoms. The van der Waals surface area contributed by atoms with Crippen molar-refractivity contribution in [1.82, 2.24) is 0 Å². The van der Waals surface area contributed by atoms with Gasteiger partial charge in [-0.3, -0.25) is 9.59 Å². The number of fused-ring (bicyclic) bond motifs is 1. The minimum Gasteiger partial charge on any atom is -0.473 e. The Hall–Kier alpha value is -3.93. The molecule has 1 amide bonds.